The number of hydrogen-bond acceptors (Lipinski definition) is 3. The maximum Gasteiger partial charge on any atom is 0.149 e. The topological polar surface area (TPSA) is 44.7 Å². The smallest absolute Gasteiger partial charge is 0.149 e. The van der Waals surface area contributed by atoms with Gasteiger partial charge in [0.1, 0.15) is 6.08 Å². The fourth-order valence-electron chi connectivity index (χ4n) is 1.67. The molecule has 0 amide bonds. The van der Waals surface area contributed by atoms with Crippen LogP contribution >= 0.6 is 24.0 Å². The zero-order chi connectivity index (χ0) is 14.5. The molecule has 1 aromatic rings. The Kier molecular flexibility index (Phi) is 8.12. The van der Waals surface area contributed by atoms with Crippen LogP contribution in [-0.2, 0) is 6.42 Å². The van der Waals surface area contributed by atoms with Crippen molar-refractivity contribution in [3.05, 3.63) is 29.8 Å². The van der Waals surface area contributed by atoms with E-state index >= 15 is 0 Å². The van der Waals surface area contributed by atoms with E-state index in [1.807, 2.05) is 12.1 Å². The lowest BCUT2D eigenvalue weighted by molar-refractivity contribution is -0.894. The molecule has 0 radical (unpaired) electrons. The minimum atomic E-state index is -0.558. The number of aryl methyl sites for hydroxylation is 1. The first-order chi connectivity index (χ1) is 8.82. The molecule has 1 atom stereocenters. The first-order valence-corrected chi connectivity index (χ1v) is 6.54. The van der Waals surface area contributed by atoms with Crippen LogP contribution < -0.4 is 9.84 Å². The number of benzene rings is 1. The van der Waals surface area contributed by atoms with Crippen LogP contribution in [0, 0.1) is 0 Å². The molecule has 4 nitrogen and oxygen atoms in total. The Bertz CT molecular complexity index is 442. The average molecular weight is 392 g/mol. The largest absolute Gasteiger partial charge is 0.567 e. The quantitative estimate of drug-likeness (QED) is 0.333. The third-order valence-corrected chi connectivity index (χ3v) is 3.46. The molecule has 0 aromatic heterocycles. The first-order valence-electron chi connectivity index (χ1n) is 6.54. The lowest BCUT2D eigenvalue weighted by Crippen LogP contribution is -2.43. The molecule has 0 saturated carbocycles. The highest BCUT2D eigenvalue weighted by atomic mass is 127. The standard InChI is InChI=1S/C15H24N2O2.HI/c1-12(17(3,4)5)9-10-13-7-6-8-14(11-13)19-15(18)16-2;/h6-8,11-12H,9-10H2,1-5H3;1H. The summed E-state index contributed by atoms with van der Waals surface area (Å²) in [6.45, 7) is 2.25. The zero-order valence-electron chi connectivity index (χ0n) is 12.9. The number of aliphatic imine (C=N–C) groups is 1. The van der Waals surface area contributed by atoms with Crippen molar-refractivity contribution in [1.82, 2.24) is 0 Å². The van der Waals surface area contributed by atoms with E-state index in [0.717, 1.165) is 17.3 Å². The van der Waals surface area contributed by atoms with Gasteiger partial charge in [-0.1, -0.05) is 12.1 Å². The summed E-state index contributed by atoms with van der Waals surface area (Å²) in [5, 5.41) is 11.1. The number of quaternary nitrogens is 1. The molecule has 1 aromatic carbocycles. The van der Waals surface area contributed by atoms with Gasteiger partial charge in [0.25, 0.3) is 0 Å². The van der Waals surface area contributed by atoms with E-state index in [4.69, 9.17) is 4.74 Å². The Morgan fingerprint density at radius 3 is 2.55 bits per heavy atom. The lowest BCUT2D eigenvalue weighted by Gasteiger charge is -2.31. The molecule has 5 heteroatoms. The predicted octanol–water partition coefficient (Wildman–Crippen LogP) is 2.06. The third-order valence-electron chi connectivity index (χ3n) is 3.46. The van der Waals surface area contributed by atoms with Gasteiger partial charge in [-0.25, -0.2) is 0 Å². The van der Waals surface area contributed by atoms with Gasteiger partial charge in [-0.15, -0.1) is 24.0 Å². The summed E-state index contributed by atoms with van der Waals surface area (Å²) < 4.78 is 6.02. The van der Waals surface area contributed by atoms with Crippen molar-refractivity contribution in [3.63, 3.8) is 0 Å². The normalized spacial score (nSPS) is 13.6. The van der Waals surface area contributed by atoms with Crippen LogP contribution in [0.15, 0.2) is 29.3 Å². The number of hydrogen-bond donors (Lipinski definition) is 0. The molecule has 0 aliphatic carbocycles. The average Bonchev–Trinajstić information content (AvgIpc) is 2.35. The molecule has 0 spiro atoms. The number of rotatable bonds is 5. The first kappa shape index (κ1) is 19.2. The summed E-state index contributed by atoms with van der Waals surface area (Å²) in [7, 11) is 8.03. The molecular weight excluding hydrogens is 367 g/mol. The predicted molar refractivity (Wildman–Crippen MR) is 91.7 cm³/mol. The third kappa shape index (κ3) is 6.56. The van der Waals surface area contributed by atoms with Gasteiger partial charge < -0.3 is 14.3 Å². The zero-order valence-corrected chi connectivity index (χ0v) is 15.3. The lowest BCUT2D eigenvalue weighted by atomic mass is 10.0. The van der Waals surface area contributed by atoms with Crippen LogP contribution in [0.25, 0.3) is 0 Å². The van der Waals surface area contributed by atoms with Gasteiger partial charge in [0.2, 0.25) is 0 Å². The molecule has 0 N–H and O–H groups in total. The van der Waals surface area contributed by atoms with Crippen molar-refractivity contribution >= 4 is 30.1 Å². The number of halogens is 1. The van der Waals surface area contributed by atoms with E-state index in [9.17, 15) is 5.11 Å². The van der Waals surface area contributed by atoms with Crippen LogP contribution in [0.5, 0.6) is 5.75 Å². The summed E-state index contributed by atoms with van der Waals surface area (Å²) in [6.07, 6.45) is 1.52. The second kappa shape index (κ2) is 8.46. The van der Waals surface area contributed by atoms with E-state index in [0.29, 0.717) is 11.8 Å². The summed E-state index contributed by atoms with van der Waals surface area (Å²) >= 11 is 0. The monoisotopic (exact) mass is 392 g/mol. The molecule has 1 rings (SSSR count). The second-order valence-corrected chi connectivity index (χ2v) is 5.74. The van der Waals surface area contributed by atoms with Crippen LogP contribution in [0.3, 0.4) is 0 Å². The van der Waals surface area contributed by atoms with Crippen molar-refractivity contribution in [2.45, 2.75) is 25.8 Å². The van der Waals surface area contributed by atoms with E-state index in [-0.39, 0.29) is 24.0 Å². The Morgan fingerprint density at radius 2 is 2.00 bits per heavy atom. The van der Waals surface area contributed by atoms with E-state index in [1.165, 1.54) is 12.6 Å². The SMILES string of the molecule is CN=C([O-])Oc1cccc(CCC(C)[N+](C)(C)C)c1.I. The van der Waals surface area contributed by atoms with Gasteiger partial charge in [-0.2, -0.15) is 0 Å². The second-order valence-electron chi connectivity index (χ2n) is 5.74. The number of nitrogens with zero attached hydrogens (tertiary/aromatic N) is 2. The molecular formula is C15H25IN2O2. The molecule has 0 aliphatic rings. The maximum absolute atomic E-state index is 11.1. The minimum absolute atomic E-state index is 0. The summed E-state index contributed by atoms with van der Waals surface area (Å²) in [5.41, 5.74) is 1.18. The van der Waals surface area contributed by atoms with Gasteiger partial charge in [0.05, 0.1) is 27.2 Å². The highest BCUT2D eigenvalue weighted by molar-refractivity contribution is 14.0. The summed E-state index contributed by atoms with van der Waals surface area (Å²) in [5.74, 6) is 0.561. The molecule has 0 heterocycles. The van der Waals surface area contributed by atoms with E-state index < -0.39 is 6.08 Å². The van der Waals surface area contributed by atoms with Crippen molar-refractivity contribution in [3.8, 4) is 5.75 Å². The Hall–Kier alpha value is -0.820. The van der Waals surface area contributed by atoms with E-state index in [1.54, 1.807) is 6.07 Å². The van der Waals surface area contributed by atoms with E-state index in [2.05, 4.69) is 39.1 Å². The fraction of sp³-hybridized carbons (Fsp3) is 0.533. The van der Waals surface area contributed by atoms with Gasteiger partial charge >= 0.3 is 0 Å². The van der Waals surface area contributed by atoms with Crippen LogP contribution in [0.4, 0.5) is 0 Å². The molecule has 20 heavy (non-hydrogen) atoms. The summed E-state index contributed by atoms with van der Waals surface area (Å²) in [4.78, 5) is 3.46. The van der Waals surface area contributed by atoms with Crippen molar-refractivity contribution in [2.75, 3.05) is 28.2 Å². The van der Waals surface area contributed by atoms with Gasteiger partial charge in [0, 0.05) is 19.2 Å². The van der Waals surface area contributed by atoms with Crippen molar-refractivity contribution in [1.29, 1.82) is 0 Å². The highest BCUT2D eigenvalue weighted by Gasteiger charge is 2.17. The van der Waals surface area contributed by atoms with Crippen molar-refractivity contribution in [2.24, 2.45) is 4.99 Å². The minimum Gasteiger partial charge on any atom is -0.567 e. The molecule has 1 unspecified atom stereocenters. The number of ether oxygens (including phenoxy) is 1. The van der Waals surface area contributed by atoms with Gasteiger partial charge in [-0.3, -0.25) is 4.99 Å². The maximum atomic E-state index is 11.1. The van der Waals surface area contributed by atoms with Crippen LogP contribution in [0.1, 0.15) is 18.9 Å². The molecule has 114 valence electrons. The molecule has 0 saturated heterocycles. The molecule has 0 fully saturated rings. The van der Waals surface area contributed by atoms with Gasteiger partial charge in [-0.05, 0) is 31.0 Å². The van der Waals surface area contributed by atoms with Gasteiger partial charge in [0.15, 0.2) is 0 Å². The summed E-state index contributed by atoms with van der Waals surface area (Å²) in [6, 6.07) is 8.23. The van der Waals surface area contributed by atoms with Crippen LogP contribution in [-0.4, -0.2) is 44.8 Å². The Labute approximate surface area is 139 Å². The highest BCUT2D eigenvalue weighted by Crippen LogP contribution is 2.17. The molecule has 0 aliphatic heterocycles. The van der Waals surface area contributed by atoms with Crippen molar-refractivity contribution < 1.29 is 14.3 Å². The van der Waals surface area contributed by atoms with Crippen LogP contribution in [0.2, 0.25) is 0 Å². The Balaban J connectivity index is 0.00000361. The molecule has 0 bridgehead atoms. The Morgan fingerprint density at radius 1 is 1.35 bits per heavy atom. The fourth-order valence-corrected chi connectivity index (χ4v) is 1.67.